The molecular weight excluding hydrogens is 308 g/mol. The average molecular weight is 328 g/mol. The van der Waals surface area contributed by atoms with Gasteiger partial charge in [-0.3, -0.25) is 4.99 Å². The predicted octanol–water partition coefficient (Wildman–Crippen LogP) is 2.20. The summed E-state index contributed by atoms with van der Waals surface area (Å²) in [6.07, 6.45) is 0. The van der Waals surface area contributed by atoms with Gasteiger partial charge in [-0.25, -0.2) is 4.79 Å². The first-order valence-electron chi connectivity index (χ1n) is 7.61. The summed E-state index contributed by atoms with van der Waals surface area (Å²) in [7, 11) is 1.55. The summed E-state index contributed by atoms with van der Waals surface area (Å²) in [5.41, 5.74) is 2.21. The summed E-state index contributed by atoms with van der Waals surface area (Å²) in [6, 6.07) is 9.52. The topological polar surface area (TPSA) is 91.9 Å². The maximum Gasteiger partial charge on any atom is 0.336 e. The Morgan fingerprint density at radius 1 is 1.38 bits per heavy atom. The van der Waals surface area contributed by atoms with Crippen molar-refractivity contribution in [2.24, 2.45) is 10.9 Å². The largest absolute Gasteiger partial charge is 0.496 e. The van der Waals surface area contributed by atoms with E-state index >= 15 is 0 Å². The number of nitriles is 1. The van der Waals surface area contributed by atoms with Crippen LogP contribution in [-0.4, -0.2) is 37.1 Å². The summed E-state index contributed by atoms with van der Waals surface area (Å²) >= 11 is 0. The van der Waals surface area contributed by atoms with Gasteiger partial charge in [0.1, 0.15) is 12.4 Å². The van der Waals surface area contributed by atoms with Crippen LogP contribution in [0.5, 0.6) is 5.75 Å². The first-order valence-corrected chi connectivity index (χ1v) is 7.61. The number of aliphatic hydroxyl groups is 1. The third-order valence-corrected chi connectivity index (χ3v) is 3.99. The number of hydrogen-bond acceptors (Lipinski definition) is 6. The fourth-order valence-electron chi connectivity index (χ4n) is 2.94. The summed E-state index contributed by atoms with van der Waals surface area (Å²) in [5.74, 6) is -1.11. The molecular formula is C18H20N2O4. The van der Waals surface area contributed by atoms with Crippen molar-refractivity contribution in [1.82, 2.24) is 0 Å². The molecule has 6 heteroatoms. The number of aliphatic imine (C=N–C) groups is 1. The normalized spacial score (nSPS) is 20.2. The molecule has 2 unspecified atom stereocenters. The maximum atomic E-state index is 12.5. The van der Waals surface area contributed by atoms with Gasteiger partial charge in [-0.1, -0.05) is 18.2 Å². The number of ether oxygens (including phenoxy) is 2. The first kappa shape index (κ1) is 17.7. The van der Waals surface area contributed by atoms with E-state index in [1.165, 1.54) is 0 Å². The second-order valence-corrected chi connectivity index (χ2v) is 5.44. The quantitative estimate of drug-likeness (QED) is 0.837. The van der Waals surface area contributed by atoms with Gasteiger partial charge in [0, 0.05) is 22.9 Å². The van der Waals surface area contributed by atoms with Crippen LogP contribution in [0.15, 0.2) is 40.5 Å². The van der Waals surface area contributed by atoms with E-state index in [0.717, 1.165) is 5.56 Å². The number of methoxy groups -OCH3 is 1. The van der Waals surface area contributed by atoms with Gasteiger partial charge in [-0.2, -0.15) is 5.26 Å². The predicted molar refractivity (Wildman–Crippen MR) is 88.7 cm³/mol. The van der Waals surface area contributed by atoms with Gasteiger partial charge in [-0.15, -0.1) is 0 Å². The van der Waals surface area contributed by atoms with Crippen LogP contribution in [-0.2, 0) is 9.53 Å². The van der Waals surface area contributed by atoms with E-state index in [2.05, 4.69) is 11.1 Å². The summed E-state index contributed by atoms with van der Waals surface area (Å²) < 4.78 is 10.5. The number of rotatable bonds is 5. The molecule has 126 valence electrons. The number of carbonyl (C=O) groups excluding carboxylic acids is 1. The van der Waals surface area contributed by atoms with Crippen LogP contribution >= 0.6 is 0 Å². The van der Waals surface area contributed by atoms with Crippen molar-refractivity contribution >= 4 is 11.7 Å². The number of benzene rings is 1. The molecule has 0 aromatic heterocycles. The molecule has 1 aromatic rings. The highest BCUT2D eigenvalue weighted by Gasteiger charge is 2.39. The second-order valence-electron chi connectivity index (χ2n) is 5.44. The molecule has 0 radical (unpaired) electrons. The third kappa shape index (κ3) is 3.31. The minimum absolute atomic E-state index is 0.103. The van der Waals surface area contributed by atoms with Gasteiger partial charge in [-0.05, 0) is 19.9 Å². The summed E-state index contributed by atoms with van der Waals surface area (Å²) in [4.78, 5) is 16.9. The van der Waals surface area contributed by atoms with Gasteiger partial charge >= 0.3 is 5.97 Å². The van der Waals surface area contributed by atoms with Crippen molar-refractivity contribution in [2.75, 3.05) is 20.3 Å². The molecule has 1 aliphatic rings. The third-order valence-electron chi connectivity index (χ3n) is 3.99. The highest BCUT2D eigenvalue weighted by atomic mass is 16.5. The molecule has 1 aromatic carbocycles. The lowest BCUT2D eigenvalue weighted by atomic mass is 9.76. The zero-order valence-electron chi connectivity index (χ0n) is 13.9. The Kier molecular flexibility index (Phi) is 5.72. The molecule has 1 heterocycles. The lowest BCUT2D eigenvalue weighted by Gasteiger charge is -2.29. The van der Waals surface area contributed by atoms with Crippen LogP contribution in [0.25, 0.3) is 0 Å². The molecule has 1 aliphatic heterocycles. The number of esters is 1. The molecule has 2 rings (SSSR count). The zero-order valence-corrected chi connectivity index (χ0v) is 13.9. The van der Waals surface area contributed by atoms with Gasteiger partial charge in [0.15, 0.2) is 0 Å². The SMILES string of the molecule is COc1ccccc1C1C(C(=O)OCCO)=C(C)N=C(C)C1C#N. The molecule has 6 nitrogen and oxygen atoms in total. The van der Waals surface area contributed by atoms with E-state index in [0.29, 0.717) is 22.7 Å². The summed E-state index contributed by atoms with van der Waals surface area (Å²) in [6.45, 7) is 3.13. The zero-order chi connectivity index (χ0) is 17.7. The minimum Gasteiger partial charge on any atom is -0.496 e. The highest BCUT2D eigenvalue weighted by Crippen LogP contribution is 2.42. The molecule has 1 N–H and O–H groups in total. The molecule has 0 saturated heterocycles. The van der Waals surface area contributed by atoms with Crippen LogP contribution in [0, 0.1) is 17.2 Å². The van der Waals surface area contributed by atoms with Crippen molar-refractivity contribution in [1.29, 1.82) is 5.26 Å². The van der Waals surface area contributed by atoms with Crippen molar-refractivity contribution in [3.05, 3.63) is 41.1 Å². The van der Waals surface area contributed by atoms with Crippen LogP contribution in [0.3, 0.4) is 0 Å². The number of nitrogens with zero attached hydrogens (tertiary/aromatic N) is 2. The number of hydrogen-bond donors (Lipinski definition) is 1. The van der Waals surface area contributed by atoms with E-state index in [4.69, 9.17) is 14.6 Å². The fraction of sp³-hybridized carbons (Fsp3) is 0.389. The van der Waals surface area contributed by atoms with Crippen molar-refractivity contribution < 1.29 is 19.4 Å². The average Bonchev–Trinajstić information content (AvgIpc) is 2.59. The van der Waals surface area contributed by atoms with Crippen molar-refractivity contribution in [2.45, 2.75) is 19.8 Å². The molecule has 0 amide bonds. The molecule has 0 spiro atoms. The van der Waals surface area contributed by atoms with Crippen LogP contribution in [0.2, 0.25) is 0 Å². The van der Waals surface area contributed by atoms with Crippen molar-refractivity contribution in [3.63, 3.8) is 0 Å². The maximum absolute atomic E-state index is 12.5. The molecule has 0 saturated carbocycles. The lowest BCUT2D eigenvalue weighted by Crippen LogP contribution is -2.30. The Hall–Kier alpha value is -2.65. The fourth-order valence-corrected chi connectivity index (χ4v) is 2.94. The minimum atomic E-state index is -0.596. The second kappa shape index (κ2) is 7.75. The Balaban J connectivity index is 2.60. The number of carbonyl (C=O) groups is 1. The van der Waals surface area contributed by atoms with E-state index in [9.17, 15) is 10.1 Å². The summed E-state index contributed by atoms with van der Waals surface area (Å²) in [5, 5.41) is 18.5. The standard InChI is InChI=1S/C18H20N2O4/c1-11-14(10-19)17(13-6-4-5-7-15(13)23-3)16(12(2)20-11)18(22)24-9-8-21/h4-7,14,17,21H,8-9H2,1-3H3. The number of allylic oxidation sites excluding steroid dienone is 1. The highest BCUT2D eigenvalue weighted by molar-refractivity contribution is 5.98. The van der Waals surface area contributed by atoms with E-state index in [-0.39, 0.29) is 13.2 Å². The molecule has 0 aliphatic carbocycles. The number of aliphatic hydroxyl groups excluding tert-OH is 1. The van der Waals surface area contributed by atoms with E-state index in [1.807, 2.05) is 18.2 Å². The first-order chi connectivity index (χ1) is 11.5. The number of para-hydroxylation sites is 1. The molecule has 0 bridgehead atoms. The Bertz CT molecular complexity index is 731. The van der Waals surface area contributed by atoms with Crippen LogP contribution in [0.1, 0.15) is 25.3 Å². The van der Waals surface area contributed by atoms with Crippen LogP contribution in [0.4, 0.5) is 0 Å². The lowest BCUT2D eigenvalue weighted by molar-refractivity contribution is -0.140. The Morgan fingerprint density at radius 3 is 2.71 bits per heavy atom. The van der Waals surface area contributed by atoms with Gasteiger partial charge in [0.2, 0.25) is 0 Å². The van der Waals surface area contributed by atoms with Gasteiger partial charge in [0.25, 0.3) is 0 Å². The molecule has 2 atom stereocenters. The smallest absolute Gasteiger partial charge is 0.336 e. The molecule has 0 fully saturated rings. The Morgan fingerprint density at radius 2 is 2.08 bits per heavy atom. The van der Waals surface area contributed by atoms with E-state index < -0.39 is 17.8 Å². The van der Waals surface area contributed by atoms with Gasteiger partial charge < -0.3 is 14.6 Å². The van der Waals surface area contributed by atoms with Gasteiger partial charge in [0.05, 0.1) is 31.3 Å². The monoisotopic (exact) mass is 328 g/mol. The molecule has 24 heavy (non-hydrogen) atoms. The Labute approximate surface area is 141 Å². The van der Waals surface area contributed by atoms with E-state index in [1.54, 1.807) is 27.0 Å². The van der Waals surface area contributed by atoms with Crippen molar-refractivity contribution in [3.8, 4) is 11.8 Å². The van der Waals surface area contributed by atoms with Crippen LogP contribution < -0.4 is 4.74 Å².